The monoisotopic (exact) mass is 300 g/mol. The Morgan fingerprint density at radius 3 is 2.52 bits per heavy atom. The summed E-state index contributed by atoms with van der Waals surface area (Å²) in [6, 6.07) is 19.1. The average molecular weight is 301 g/mol. The lowest BCUT2D eigenvalue weighted by atomic mass is 10.2. The zero-order valence-electron chi connectivity index (χ0n) is 11.7. The van der Waals surface area contributed by atoms with E-state index in [1.165, 1.54) is 16.6 Å². The van der Waals surface area contributed by atoms with Crippen LogP contribution in [0.2, 0.25) is 0 Å². The first kappa shape index (κ1) is 14.1. The summed E-state index contributed by atoms with van der Waals surface area (Å²) in [6.07, 6.45) is 2.61. The molecule has 0 N–H and O–H groups in total. The van der Waals surface area contributed by atoms with Gasteiger partial charge in [0.25, 0.3) is 0 Å². The van der Waals surface area contributed by atoms with Crippen LogP contribution in [0.1, 0.15) is 5.56 Å². The molecular weight excluding hydrogens is 284 g/mol. The predicted molar refractivity (Wildman–Crippen MR) is 77.4 cm³/mol. The Bertz CT molecular complexity index is 735. The van der Waals surface area contributed by atoms with E-state index >= 15 is 0 Å². The van der Waals surface area contributed by atoms with Gasteiger partial charge in [0.2, 0.25) is 6.33 Å². The molecule has 21 heavy (non-hydrogen) atoms. The van der Waals surface area contributed by atoms with Gasteiger partial charge in [-0.25, -0.2) is 9.13 Å². The highest BCUT2D eigenvalue weighted by atomic mass is 35.5. The van der Waals surface area contributed by atoms with Crippen LogP contribution in [0.15, 0.2) is 60.9 Å². The van der Waals surface area contributed by atoms with Gasteiger partial charge in [-0.3, -0.25) is 0 Å². The molecule has 1 fully saturated rings. The lowest BCUT2D eigenvalue weighted by Crippen LogP contribution is -3.00. The quantitative estimate of drug-likeness (QED) is 0.465. The molecule has 3 nitrogen and oxygen atoms in total. The zero-order valence-corrected chi connectivity index (χ0v) is 12.4. The summed E-state index contributed by atoms with van der Waals surface area (Å²) in [7, 11) is 0. The van der Waals surface area contributed by atoms with Crippen LogP contribution in [0.3, 0.4) is 0 Å². The molecule has 1 unspecified atom stereocenters. The molecule has 0 bridgehead atoms. The Labute approximate surface area is 130 Å². The number of epoxide rings is 1. The van der Waals surface area contributed by atoms with E-state index in [-0.39, 0.29) is 12.4 Å². The van der Waals surface area contributed by atoms with Crippen LogP contribution < -0.4 is 17.0 Å². The first-order valence-electron chi connectivity index (χ1n) is 7.03. The fraction of sp³-hybridized carbons (Fsp3) is 0.235. The van der Waals surface area contributed by atoms with Crippen LogP contribution >= 0.6 is 0 Å². The molecule has 1 aliphatic rings. The van der Waals surface area contributed by atoms with Gasteiger partial charge in [0.15, 0.2) is 11.0 Å². The fourth-order valence-electron chi connectivity index (χ4n) is 2.69. The maximum atomic E-state index is 5.36. The minimum absolute atomic E-state index is 0. The number of imidazole rings is 1. The number of aromatic nitrogens is 2. The summed E-state index contributed by atoms with van der Waals surface area (Å²) in [4.78, 5) is 0. The van der Waals surface area contributed by atoms with E-state index < -0.39 is 0 Å². The number of ether oxygens (including phenoxy) is 1. The normalized spacial score (nSPS) is 16.7. The third-order valence-corrected chi connectivity index (χ3v) is 3.78. The maximum Gasteiger partial charge on any atom is 0.245 e. The largest absolute Gasteiger partial charge is 1.00 e. The Kier molecular flexibility index (Phi) is 3.95. The smallest absolute Gasteiger partial charge is 0.245 e. The minimum Gasteiger partial charge on any atom is -1.00 e. The van der Waals surface area contributed by atoms with Crippen LogP contribution in [0.5, 0.6) is 0 Å². The second-order valence-corrected chi connectivity index (χ2v) is 5.33. The number of rotatable bonds is 4. The molecule has 0 amide bonds. The average Bonchev–Trinajstić information content (AvgIpc) is 3.25. The van der Waals surface area contributed by atoms with Gasteiger partial charge in [-0.05, 0) is 17.7 Å². The maximum absolute atomic E-state index is 5.36. The molecule has 0 radical (unpaired) electrons. The summed E-state index contributed by atoms with van der Waals surface area (Å²) < 4.78 is 9.97. The highest BCUT2D eigenvalue weighted by molar-refractivity contribution is 5.71. The Hall–Kier alpha value is -1.84. The van der Waals surface area contributed by atoms with Gasteiger partial charge in [-0.2, -0.15) is 0 Å². The number of halogens is 1. The third kappa shape index (κ3) is 2.94. The van der Waals surface area contributed by atoms with Crippen molar-refractivity contribution in [2.45, 2.75) is 19.2 Å². The van der Waals surface area contributed by atoms with Crippen molar-refractivity contribution >= 4 is 11.0 Å². The van der Waals surface area contributed by atoms with E-state index in [9.17, 15) is 0 Å². The van der Waals surface area contributed by atoms with E-state index in [1.807, 2.05) is 0 Å². The van der Waals surface area contributed by atoms with Crippen LogP contribution in [0, 0.1) is 0 Å². The summed E-state index contributed by atoms with van der Waals surface area (Å²) in [5.41, 5.74) is 3.87. The van der Waals surface area contributed by atoms with Crippen molar-refractivity contribution in [3.8, 4) is 0 Å². The predicted octanol–water partition coefficient (Wildman–Crippen LogP) is -0.620. The molecule has 2 aromatic carbocycles. The van der Waals surface area contributed by atoms with Gasteiger partial charge in [0, 0.05) is 0 Å². The van der Waals surface area contributed by atoms with Crippen molar-refractivity contribution in [1.29, 1.82) is 0 Å². The molecular formula is C17H17ClN2O. The van der Waals surface area contributed by atoms with Crippen LogP contribution in [-0.4, -0.2) is 17.3 Å². The summed E-state index contributed by atoms with van der Waals surface area (Å²) in [5.74, 6) is 0. The molecule has 1 saturated heterocycles. The van der Waals surface area contributed by atoms with Crippen molar-refractivity contribution < 1.29 is 21.7 Å². The SMILES string of the molecule is [Cl-].c1ccc(Cn2c[n+](CC3CO3)c3ccccc32)cc1. The lowest BCUT2D eigenvalue weighted by molar-refractivity contribution is -0.673. The first-order chi connectivity index (χ1) is 9.90. The van der Waals surface area contributed by atoms with Crippen molar-refractivity contribution in [3.63, 3.8) is 0 Å². The molecule has 3 aromatic rings. The summed E-state index contributed by atoms with van der Waals surface area (Å²) in [6.45, 7) is 2.74. The standard InChI is InChI=1S/C17H17N2O.ClH/c1-2-6-14(7-3-1)10-18-13-19(11-15-12-20-15)17-9-5-4-8-16(17)18;/h1-9,13,15H,10-12H2;1H/q+1;/p-1. The van der Waals surface area contributed by atoms with Crippen molar-refractivity contribution in [1.82, 2.24) is 4.57 Å². The molecule has 0 saturated carbocycles. The highest BCUT2D eigenvalue weighted by Gasteiger charge is 2.27. The van der Waals surface area contributed by atoms with E-state index in [0.717, 1.165) is 19.7 Å². The molecule has 4 rings (SSSR count). The van der Waals surface area contributed by atoms with Crippen molar-refractivity contribution in [3.05, 3.63) is 66.5 Å². The minimum atomic E-state index is 0. The second-order valence-electron chi connectivity index (χ2n) is 5.33. The molecule has 1 aromatic heterocycles. The Morgan fingerprint density at radius 1 is 1.05 bits per heavy atom. The highest BCUT2D eigenvalue weighted by Crippen LogP contribution is 2.15. The molecule has 2 heterocycles. The van der Waals surface area contributed by atoms with Crippen molar-refractivity contribution in [2.75, 3.05) is 6.61 Å². The first-order valence-corrected chi connectivity index (χ1v) is 7.03. The van der Waals surface area contributed by atoms with E-state index in [2.05, 4.69) is 70.1 Å². The Balaban J connectivity index is 0.00000132. The lowest BCUT2D eigenvalue weighted by Gasteiger charge is -1.97. The fourth-order valence-corrected chi connectivity index (χ4v) is 2.69. The third-order valence-electron chi connectivity index (χ3n) is 3.78. The van der Waals surface area contributed by atoms with E-state index in [4.69, 9.17) is 4.74 Å². The topological polar surface area (TPSA) is 21.3 Å². The number of hydrogen-bond donors (Lipinski definition) is 0. The number of hydrogen-bond acceptors (Lipinski definition) is 1. The molecule has 108 valence electrons. The van der Waals surface area contributed by atoms with Gasteiger partial charge in [-0.15, -0.1) is 0 Å². The number of nitrogens with zero attached hydrogens (tertiary/aromatic N) is 2. The Morgan fingerprint density at radius 2 is 1.76 bits per heavy atom. The van der Waals surface area contributed by atoms with Crippen LogP contribution in [0.4, 0.5) is 0 Å². The van der Waals surface area contributed by atoms with Gasteiger partial charge in [-0.1, -0.05) is 42.5 Å². The van der Waals surface area contributed by atoms with Crippen molar-refractivity contribution in [2.24, 2.45) is 0 Å². The zero-order chi connectivity index (χ0) is 13.4. The number of fused-ring (bicyclic) bond motifs is 1. The van der Waals surface area contributed by atoms with Gasteiger partial charge in [0.05, 0.1) is 6.61 Å². The van der Waals surface area contributed by atoms with E-state index in [1.54, 1.807) is 0 Å². The molecule has 1 aliphatic heterocycles. The van der Waals surface area contributed by atoms with Crippen LogP contribution in [0.25, 0.3) is 11.0 Å². The summed E-state index contributed by atoms with van der Waals surface area (Å²) >= 11 is 0. The van der Waals surface area contributed by atoms with Gasteiger partial charge in [0.1, 0.15) is 19.2 Å². The second kappa shape index (κ2) is 5.88. The molecule has 4 heteroatoms. The number of para-hydroxylation sites is 2. The van der Waals surface area contributed by atoms with Gasteiger partial charge >= 0.3 is 0 Å². The molecule has 1 atom stereocenters. The van der Waals surface area contributed by atoms with Crippen LogP contribution in [-0.2, 0) is 17.8 Å². The molecule has 0 aliphatic carbocycles. The number of benzene rings is 2. The van der Waals surface area contributed by atoms with Gasteiger partial charge < -0.3 is 17.1 Å². The molecule has 0 spiro atoms. The van der Waals surface area contributed by atoms with E-state index in [0.29, 0.717) is 6.10 Å². The summed E-state index contributed by atoms with van der Waals surface area (Å²) in [5, 5.41) is 0.